The molecule has 0 spiro atoms. The van der Waals surface area contributed by atoms with E-state index in [1.54, 1.807) is 0 Å². The molecule has 0 aliphatic rings. The average Bonchev–Trinajstić information content (AvgIpc) is 1.58. The summed E-state index contributed by atoms with van der Waals surface area (Å²) in [7, 11) is -10.4. The van der Waals surface area contributed by atoms with Gasteiger partial charge in [0.1, 0.15) is 0 Å². The van der Waals surface area contributed by atoms with Crippen LogP contribution in [0.1, 0.15) is 6.92 Å². The summed E-state index contributed by atoms with van der Waals surface area (Å²) in [6.45, 7) is 0.383. The molecule has 0 aliphatic heterocycles. The Kier molecular flexibility index (Phi) is 9.70. The molecular weight excluding hydrogens is 244 g/mol. The Bertz CT molecular complexity index is 215. The first-order valence-electron chi connectivity index (χ1n) is 2.34. The van der Waals surface area contributed by atoms with Crippen LogP contribution in [0.3, 0.4) is 0 Å². The van der Waals surface area contributed by atoms with Crippen LogP contribution in [-0.2, 0) is 9.13 Å². The third-order valence-corrected chi connectivity index (χ3v) is 4.87. The number of hydrogen-bond donors (Lipinski definition) is 5. The summed E-state index contributed by atoms with van der Waals surface area (Å²) in [5.74, 6) is 0. The zero-order valence-corrected chi connectivity index (χ0v) is 7.24. The van der Waals surface area contributed by atoms with Gasteiger partial charge in [-0.1, -0.05) is 0 Å². The van der Waals surface area contributed by atoms with Gasteiger partial charge in [-0.2, -0.15) is 0 Å². The Labute approximate surface area is 119 Å². The molecule has 13 heavy (non-hydrogen) atoms. The molecule has 5 N–H and O–H groups in total. The van der Waals surface area contributed by atoms with E-state index in [2.05, 4.69) is 0 Å². The van der Waals surface area contributed by atoms with Gasteiger partial charge in [0.2, 0.25) is 0 Å². The van der Waals surface area contributed by atoms with Gasteiger partial charge in [0.25, 0.3) is 5.08 Å². The Morgan fingerprint density at radius 1 is 0.923 bits per heavy atom. The topological polar surface area (TPSA) is 135 Å². The van der Waals surface area contributed by atoms with Gasteiger partial charge >= 0.3 is 74.3 Å². The van der Waals surface area contributed by atoms with Crippen molar-refractivity contribution in [2.24, 2.45) is 0 Å². The van der Waals surface area contributed by atoms with Crippen LogP contribution in [0.4, 0.5) is 0 Å². The summed E-state index contributed by atoms with van der Waals surface area (Å²) < 4.78 is 20.5. The van der Waals surface area contributed by atoms with E-state index in [9.17, 15) is 9.13 Å². The first kappa shape index (κ1) is 20.6. The van der Waals surface area contributed by atoms with E-state index in [1.807, 2.05) is 0 Å². The Morgan fingerprint density at radius 2 is 1.08 bits per heavy atom. The third-order valence-electron chi connectivity index (χ3n) is 1.10. The summed E-state index contributed by atoms with van der Waals surface area (Å²) in [4.78, 5) is 33.0. The molecule has 0 rings (SSSR count). The van der Waals surface area contributed by atoms with Crippen LogP contribution in [0.25, 0.3) is 0 Å². The molecule has 0 amide bonds. The van der Waals surface area contributed by atoms with E-state index in [0.717, 1.165) is 0 Å². The van der Waals surface area contributed by atoms with Crippen LogP contribution in [0.5, 0.6) is 0 Å². The van der Waals surface area contributed by atoms with Crippen molar-refractivity contribution < 1.29 is 33.8 Å². The molecule has 0 radical (unpaired) electrons. The van der Waals surface area contributed by atoms with Gasteiger partial charge in [0, 0.05) is 0 Å². The second-order valence-electron chi connectivity index (χ2n) is 2.06. The molecule has 72 valence electrons. The van der Waals surface area contributed by atoms with Crippen molar-refractivity contribution in [1.29, 1.82) is 0 Å². The number of aliphatic hydroxyl groups is 1. The quantitative estimate of drug-likeness (QED) is 0.276. The van der Waals surface area contributed by atoms with Crippen molar-refractivity contribution in [2.75, 3.05) is 0 Å². The molecule has 0 fully saturated rings. The summed E-state index contributed by atoms with van der Waals surface area (Å²) in [6.07, 6.45) is 0. The summed E-state index contributed by atoms with van der Waals surface area (Å²) in [6, 6.07) is 0. The first-order valence-corrected chi connectivity index (χ1v) is 5.56. The molecule has 0 unspecified atom stereocenters. The molecule has 0 aromatic heterocycles. The molecular formula is C2H10Na2O7P2. The molecule has 0 aliphatic carbocycles. The molecule has 0 saturated carbocycles. The van der Waals surface area contributed by atoms with Crippen molar-refractivity contribution in [2.45, 2.75) is 12.0 Å². The van der Waals surface area contributed by atoms with Crippen LogP contribution in [-0.4, -0.2) is 88.9 Å². The Balaban J connectivity index is -0.000000500. The normalized spacial score (nSPS) is 12.8. The fraction of sp³-hybridized carbons (Fsp3) is 1.00. The minimum absolute atomic E-state index is 0. The predicted molar refractivity (Wildman–Crippen MR) is 49.0 cm³/mol. The van der Waals surface area contributed by atoms with Crippen molar-refractivity contribution in [3.8, 4) is 0 Å². The fourth-order valence-corrected chi connectivity index (χ4v) is 1.53. The maximum atomic E-state index is 10.3. The third kappa shape index (κ3) is 5.22. The van der Waals surface area contributed by atoms with Crippen molar-refractivity contribution in [1.82, 2.24) is 0 Å². The summed E-state index contributed by atoms with van der Waals surface area (Å²) in [5.41, 5.74) is 0. The van der Waals surface area contributed by atoms with Crippen molar-refractivity contribution in [3.05, 3.63) is 0 Å². The second-order valence-corrected chi connectivity index (χ2v) is 6.33. The van der Waals surface area contributed by atoms with Crippen LogP contribution < -0.4 is 0 Å². The second kappa shape index (κ2) is 6.11. The SMILES string of the molecule is CC(O)(P(=O)(O)O)P(=O)(O)O.[NaH].[NaH]. The average molecular weight is 254 g/mol. The monoisotopic (exact) mass is 254 g/mol. The molecule has 7 nitrogen and oxygen atoms in total. The fourth-order valence-electron chi connectivity index (χ4n) is 0.170. The number of hydrogen-bond acceptors (Lipinski definition) is 3. The molecule has 0 aromatic carbocycles. The zero-order chi connectivity index (χ0) is 9.50. The number of rotatable bonds is 2. The van der Waals surface area contributed by atoms with E-state index in [-0.39, 0.29) is 59.1 Å². The van der Waals surface area contributed by atoms with Gasteiger partial charge in [-0.05, 0) is 6.92 Å². The van der Waals surface area contributed by atoms with Crippen LogP contribution >= 0.6 is 15.2 Å². The molecule has 0 bridgehead atoms. The van der Waals surface area contributed by atoms with E-state index in [4.69, 9.17) is 24.7 Å². The minimum atomic E-state index is -5.20. The standard InChI is InChI=1S/C2H8O7P2.2Na.2H/c1-2(3,10(4,5)6)11(7,8)9;;;;/h3H,1H3,(H2,4,5,6)(H2,7,8,9);;;;. The zero-order valence-electron chi connectivity index (χ0n) is 5.45. The first-order chi connectivity index (χ1) is 4.50. The van der Waals surface area contributed by atoms with Crippen LogP contribution in [0, 0.1) is 0 Å². The van der Waals surface area contributed by atoms with E-state index in [1.165, 1.54) is 0 Å². The van der Waals surface area contributed by atoms with Gasteiger partial charge in [-0.3, -0.25) is 9.13 Å². The van der Waals surface area contributed by atoms with Crippen molar-refractivity contribution >= 4 is 74.3 Å². The predicted octanol–water partition coefficient (Wildman–Crippen LogP) is -2.29. The van der Waals surface area contributed by atoms with Gasteiger partial charge < -0.3 is 24.7 Å². The molecule has 0 atom stereocenters. The van der Waals surface area contributed by atoms with Crippen LogP contribution in [0.15, 0.2) is 0 Å². The van der Waals surface area contributed by atoms with Gasteiger partial charge in [-0.25, -0.2) is 0 Å². The van der Waals surface area contributed by atoms with Gasteiger partial charge in [0.15, 0.2) is 0 Å². The van der Waals surface area contributed by atoms with Gasteiger partial charge in [0.05, 0.1) is 0 Å². The van der Waals surface area contributed by atoms with Gasteiger partial charge in [-0.15, -0.1) is 0 Å². The maximum absolute atomic E-state index is 10.3. The molecule has 0 saturated heterocycles. The summed E-state index contributed by atoms with van der Waals surface area (Å²) in [5, 5.41) is 5.37. The Hall–Kier alpha value is 2.26. The molecule has 0 heterocycles. The van der Waals surface area contributed by atoms with Crippen LogP contribution in [0.2, 0.25) is 0 Å². The summed E-state index contributed by atoms with van der Waals surface area (Å²) >= 11 is 0. The molecule has 0 aromatic rings. The van der Waals surface area contributed by atoms with E-state index in [0.29, 0.717) is 6.92 Å². The van der Waals surface area contributed by atoms with Crippen molar-refractivity contribution in [3.63, 3.8) is 0 Å². The van der Waals surface area contributed by atoms with E-state index >= 15 is 0 Å². The van der Waals surface area contributed by atoms with E-state index < -0.39 is 20.3 Å². The molecule has 11 heteroatoms. The Morgan fingerprint density at radius 3 is 1.08 bits per heavy atom.